The summed E-state index contributed by atoms with van der Waals surface area (Å²) in [6, 6.07) is 0.807. The van der Waals surface area contributed by atoms with Gasteiger partial charge in [0.25, 0.3) is 0 Å². The van der Waals surface area contributed by atoms with E-state index in [0.717, 1.165) is 24.2 Å². The van der Waals surface area contributed by atoms with Gasteiger partial charge in [0, 0.05) is 18.0 Å². The number of nitrogens with two attached hydrogens (primary N) is 1. The highest BCUT2D eigenvalue weighted by Gasteiger charge is 2.29. The number of aromatic nitrogens is 1. The second kappa shape index (κ2) is 5.15. The summed E-state index contributed by atoms with van der Waals surface area (Å²) in [6.45, 7) is 6.74. The Kier molecular flexibility index (Phi) is 3.82. The molecule has 0 bridgehead atoms. The number of thiazole rings is 1. The first-order valence-corrected chi connectivity index (χ1v) is 6.97. The van der Waals surface area contributed by atoms with Crippen LogP contribution in [0.25, 0.3) is 0 Å². The van der Waals surface area contributed by atoms with Crippen molar-refractivity contribution >= 4 is 16.5 Å². The van der Waals surface area contributed by atoms with E-state index in [9.17, 15) is 0 Å². The van der Waals surface area contributed by atoms with Crippen molar-refractivity contribution in [3.8, 4) is 0 Å². The Labute approximate surface area is 102 Å². The van der Waals surface area contributed by atoms with Crippen LogP contribution < -0.4 is 5.73 Å². The van der Waals surface area contributed by atoms with Gasteiger partial charge in [-0.05, 0) is 31.7 Å². The van der Waals surface area contributed by atoms with Crippen LogP contribution in [0.5, 0.6) is 0 Å². The molecular formula is C12H21N3S. The van der Waals surface area contributed by atoms with Crippen LogP contribution in [0.1, 0.15) is 38.8 Å². The number of rotatable bonds is 6. The highest BCUT2D eigenvalue weighted by molar-refractivity contribution is 7.13. The smallest absolute Gasteiger partial charge is 0.180 e. The summed E-state index contributed by atoms with van der Waals surface area (Å²) in [5, 5.41) is 2.77. The molecule has 90 valence electrons. The van der Waals surface area contributed by atoms with Crippen LogP contribution in [-0.4, -0.2) is 22.5 Å². The molecule has 3 nitrogen and oxygen atoms in total. The molecule has 1 fully saturated rings. The van der Waals surface area contributed by atoms with E-state index in [-0.39, 0.29) is 0 Å². The van der Waals surface area contributed by atoms with Crippen LogP contribution >= 0.6 is 11.3 Å². The zero-order chi connectivity index (χ0) is 11.5. The maximum atomic E-state index is 5.66. The molecule has 1 aliphatic carbocycles. The van der Waals surface area contributed by atoms with Gasteiger partial charge in [0.2, 0.25) is 0 Å². The first-order valence-electron chi connectivity index (χ1n) is 6.09. The second-order valence-electron chi connectivity index (χ2n) is 5.06. The molecule has 2 N–H and O–H groups in total. The first kappa shape index (κ1) is 11.9. The van der Waals surface area contributed by atoms with Crippen LogP contribution in [-0.2, 0) is 6.54 Å². The molecule has 0 unspecified atom stereocenters. The lowest BCUT2D eigenvalue weighted by molar-refractivity contribution is 0.237. The van der Waals surface area contributed by atoms with Crippen molar-refractivity contribution in [3.63, 3.8) is 0 Å². The lowest BCUT2D eigenvalue weighted by atomic mass is 10.1. The molecule has 1 heterocycles. The van der Waals surface area contributed by atoms with Crippen molar-refractivity contribution in [2.24, 2.45) is 5.92 Å². The minimum Gasteiger partial charge on any atom is -0.375 e. The molecular weight excluding hydrogens is 218 g/mol. The van der Waals surface area contributed by atoms with Crippen LogP contribution in [0.3, 0.4) is 0 Å². The third-order valence-corrected chi connectivity index (χ3v) is 3.71. The molecule has 0 amide bonds. The molecule has 1 aliphatic rings. The lowest BCUT2D eigenvalue weighted by Gasteiger charge is -2.21. The number of nitrogens with zero attached hydrogens (tertiary/aromatic N) is 2. The zero-order valence-corrected chi connectivity index (χ0v) is 11.0. The zero-order valence-electron chi connectivity index (χ0n) is 10.1. The van der Waals surface area contributed by atoms with E-state index in [4.69, 9.17) is 5.73 Å². The maximum absolute atomic E-state index is 5.66. The quantitative estimate of drug-likeness (QED) is 0.830. The number of hydrogen-bond donors (Lipinski definition) is 1. The van der Waals surface area contributed by atoms with Crippen LogP contribution in [0.2, 0.25) is 0 Å². The predicted octanol–water partition coefficient (Wildman–Crippen LogP) is 2.74. The van der Waals surface area contributed by atoms with E-state index in [1.54, 1.807) is 11.3 Å². The molecule has 2 rings (SSSR count). The summed E-state index contributed by atoms with van der Waals surface area (Å²) in [5.41, 5.74) is 6.79. The molecule has 0 aromatic carbocycles. The van der Waals surface area contributed by atoms with Crippen LogP contribution in [0.15, 0.2) is 5.38 Å². The summed E-state index contributed by atoms with van der Waals surface area (Å²) in [6.07, 6.45) is 3.99. The lowest BCUT2D eigenvalue weighted by Crippen LogP contribution is -2.27. The summed E-state index contributed by atoms with van der Waals surface area (Å²) < 4.78 is 0. The summed E-state index contributed by atoms with van der Waals surface area (Å²) >= 11 is 1.54. The van der Waals surface area contributed by atoms with Gasteiger partial charge in [-0.2, -0.15) is 0 Å². The first-order chi connectivity index (χ1) is 7.65. The van der Waals surface area contributed by atoms with Crippen LogP contribution in [0.4, 0.5) is 5.13 Å². The predicted molar refractivity (Wildman–Crippen MR) is 69.4 cm³/mol. The molecule has 0 aliphatic heterocycles. The van der Waals surface area contributed by atoms with Gasteiger partial charge in [-0.25, -0.2) is 4.98 Å². The highest BCUT2D eigenvalue weighted by Crippen LogP contribution is 2.29. The fourth-order valence-corrected chi connectivity index (χ4v) is 2.41. The number of anilines is 1. The normalized spacial score (nSPS) is 16.2. The third-order valence-electron chi connectivity index (χ3n) is 2.99. The minimum atomic E-state index is 0.689. The largest absolute Gasteiger partial charge is 0.375 e. The molecule has 4 heteroatoms. The van der Waals surface area contributed by atoms with E-state index in [2.05, 4.69) is 29.1 Å². The van der Waals surface area contributed by atoms with Crippen molar-refractivity contribution in [3.05, 3.63) is 11.1 Å². The van der Waals surface area contributed by atoms with Gasteiger partial charge in [0.05, 0.1) is 5.69 Å². The Balaban J connectivity index is 1.87. The Morgan fingerprint density at radius 3 is 2.81 bits per heavy atom. The average molecular weight is 239 g/mol. The van der Waals surface area contributed by atoms with Gasteiger partial charge < -0.3 is 5.73 Å². The van der Waals surface area contributed by atoms with E-state index in [1.165, 1.54) is 25.8 Å². The summed E-state index contributed by atoms with van der Waals surface area (Å²) in [7, 11) is 0. The summed E-state index contributed by atoms with van der Waals surface area (Å²) in [5.74, 6) is 0.779. The second-order valence-corrected chi connectivity index (χ2v) is 5.95. The number of nitrogen functional groups attached to an aromatic ring is 1. The van der Waals surface area contributed by atoms with Crippen molar-refractivity contribution in [2.45, 2.75) is 45.7 Å². The standard InChI is InChI=1S/C12H21N3S/c1-9(2)5-6-15(11-3-4-11)7-10-8-16-12(13)14-10/h8-9,11H,3-7H2,1-2H3,(H2,13,14). The Morgan fingerprint density at radius 1 is 1.56 bits per heavy atom. The van der Waals surface area contributed by atoms with Gasteiger partial charge >= 0.3 is 0 Å². The molecule has 1 aromatic heterocycles. The Bertz CT molecular complexity index is 331. The molecule has 0 radical (unpaired) electrons. The maximum Gasteiger partial charge on any atom is 0.180 e. The Hall–Kier alpha value is -0.610. The fourth-order valence-electron chi connectivity index (χ4n) is 1.86. The van der Waals surface area contributed by atoms with Crippen molar-refractivity contribution in [1.29, 1.82) is 0 Å². The SMILES string of the molecule is CC(C)CCN(Cc1csc(N)n1)C1CC1. The minimum absolute atomic E-state index is 0.689. The Morgan fingerprint density at radius 2 is 2.31 bits per heavy atom. The monoisotopic (exact) mass is 239 g/mol. The van der Waals surface area contributed by atoms with Crippen LogP contribution in [0, 0.1) is 5.92 Å². The van der Waals surface area contributed by atoms with Gasteiger partial charge in [-0.3, -0.25) is 4.90 Å². The summed E-state index contributed by atoms with van der Waals surface area (Å²) in [4.78, 5) is 6.91. The van der Waals surface area contributed by atoms with E-state index >= 15 is 0 Å². The van der Waals surface area contributed by atoms with Gasteiger partial charge in [0.1, 0.15) is 0 Å². The van der Waals surface area contributed by atoms with Gasteiger partial charge in [-0.15, -0.1) is 11.3 Å². The van der Waals surface area contributed by atoms with E-state index < -0.39 is 0 Å². The highest BCUT2D eigenvalue weighted by atomic mass is 32.1. The number of hydrogen-bond acceptors (Lipinski definition) is 4. The topological polar surface area (TPSA) is 42.1 Å². The van der Waals surface area contributed by atoms with Gasteiger partial charge in [0.15, 0.2) is 5.13 Å². The van der Waals surface area contributed by atoms with Crippen molar-refractivity contribution in [1.82, 2.24) is 9.88 Å². The molecule has 1 saturated carbocycles. The van der Waals surface area contributed by atoms with Crippen molar-refractivity contribution in [2.75, 3.05) is 12.3 Å². The molecule has 1 aromatic rings. The van der Waals surface area contributed by atoms with E-state index in [1.807, 2.05) is 0 Å². The molecule has 0 spiro atoms. The molecule has 16 heavy (non-hydrogen) atoms. The molecule has 0 saturated heterocycles. The fraction of sp³-hybridized carbons (Fsp3) is 0.750. The average Bonchev–Trinajstić information content (AvgIpc) is 2.98. The van der Waals surface area contributed by atoms with Gasteiger partial charge in [-0.1, -0.05) is 13.8 Å². The van der Waals surface area contributed by atoms with Crippen molar-refractivity contribution < 1.29 is 0 Å². The molecule has 0 atom stereocenters. The van der Waals surface area contributed by atoms with E-state index in [0.29, 0.717) is 5.13 Å². The third kappa shape index (κ3) is 3.46.